The topological polar surface area (TPSA) is 8.17 Å². The molecule has 0 saturated carbocycles. The van der Waals surface area contributed by atoms with E-state index in [1.165, 1.54) is 99.7 Å². The molecule has 2 aliphatic carbocycles. The van der Waals surface area contributed by atoms with Crippen LogP contribution < -0.4 is 4.90 Å². The highest BCUT2D eigenvalue weighted by Crippen LogP contribution is 2.64. The van der Waals surface area contributed by atoms with Crippen molar-refractivity contribution in [1.29, 1.82) is 0 Å². The summed E-state index contributed by atoms with van der Waals surface area (Å²) >= 11 is 0. The van der Waals surface area contributed by atoms with Crippen LogP contribution in [0.4, 0.5) is 17.1 Å². The Morgan fingerprint density at radius 1 is 0.267 bits per heavy atom. The Kier molecular flexibility index (Phi) is 9.83. The second kappa shape index (κ2) is 17.2. The van der Waals surface area contributed by atoms with Gasteiger partial charge in [-0.15, -0.1) is 0 Å². The van der Waals surface area contributed by atoms with Crippen LogP contribution >= 0.6 is 0 Å². The fourth-order valence-corrected chi connectivity index (χ4v) is 12.7. The summed E-state index contributed by atoms with van der Waals surface area (Å²) < 4.78 is 2.42. The van der Waals surface area contributed by atoms with Gasteiger partial charge in [0.15, 0.2) is 0 Å². The molecule has 0 aliphatic heterocycles. The molecule has 2 nitrogen and oxygen atoms in total. The second-order valence-corrected chi connectivity index (χ2v) is 20.0. The van der Waals surface area contributed by atoms with Crippen molar-refractivity contribution < 1.29 is 0 Å². The fourth-order valence-electron chi connectivity index (χ4n) is 12.7. The molecule has 1 spiro atoms. The molecule has 75 heavy (non-hydrogen) atoms. The molecule has 0 fully saturated rings. The van der Waals surface area contributed by atoms with Crippen LogP contribution in [0.5, 0.6) is 0 Å². The highest BCUT2D eigenvalue weighted by molar-refractivity contribution is 6.12. The first-order chi connectivity index (χ1) is 37.2. The van der Waals surface area contributed by atoms with Crippen molar-refractivity contribution in [2.75, 3.05) is 4.90 Å². The van der Waals surface area contributed by atoms with Crippen LogP contribution in [-0.2, 0) is 5.41 Å². The zero-order valence-corrected chi connectivity index (χ0v) is 41.1. The van der Waals surface area contributed by atoms with E-state index in [-0.39, 0.29) is 0 Å². The first-order valence-corrected chi connectivity index (χ1v) is 26.0. The smallest absolute Gasteiger partial charge is 0.0726 e. The van der Waals surface area contributed by atoms with E-state index < -0.39 is 5.41 Å². The molecule has 0 saturated heterocycles. The normalized spacial score (nSPS) is 12.6. The lowest BCUT2D eigenvalue weighted by Crippen LogP contribution is -2.26. The third-order valence-electron chi connectivity index (χ3n) is 16.0. The second-order valence-electron chi connectivity index (χ2n) is 20.0. The van der Waals surface area contributed by atoms with E-state index in [2.05, 4.69) is 301 Å². The molecule has 0 N–H and O–H groups in total. The van der Waals surface area contributed by atoms with Gasteiger partial charge in [-0.2, -0.15) is 0 Å². The minimum absolute atomic E-state index is 0.441. The van der Waals surface area contributed by atoms with Crippen LogP contribution in [0, 0.1) is 0 Å². The minimum atomic E-state index is -0.441. The molecule has 0 amide bonds. The highest BCUT2D eigenvalue weighted by atomic mass is 15.1. The van der Waals surface area contributed by atoms with Gasteiger partial charge in [0.05, 0.1) is 22.1 Å². The SMILES string of the molecule is c1ccc(-c2ccc(N(c3ccc(-c4ccc(-n5c6ccc(-c7ccccc7)cc6c6cc(-c7ccccc7)ccc65)cc4)cc3)c3cccc4c3-c3ccccc3C43c4ccccc4-c4ccccc43)cc2)cc1. The Morgan fingerprint density at radius 3 is 1.11 bits per heavy atom. The van der Waals surface area contributed by atoms with Crippen LogP contribution in [-0.4, -0.2) is 4.57 Å². The average molecular weight is 953 g/mol. The zero-order chi connectivity index (χ0) is 49.5. The van der Waals surface area contributed by atoms with E-state index in [4.69, 9.17) is 0 Å². The number of aromatic nitrogens is 1. The maximum Gasteiger partial charge on any atom is 0.0726 e. The molecule has 2 aliphatic rings. The predicted molar refractivity (Wildman–Crippen MR) is 314 cm³/mol. The molecule has 0 bridgehead atoms. The van der Waals surface area contributed by atoms with Gasteiger partial charge in [-0.05, 0) is 150 Å². The van der Waals surface area contributed by atoms with Gasteiger partial charge in [-0.3, -0.25) is 0 Å². The van der Waals surface area contributed by atoms with Crippen molar-refractivity contribution in [2.24, 2.45) is 0 Å². The highest BCUT2D eigenvalue weighted by Gasteiger charge is 2.52. The number of rotatable bonds is 8. The monoisotopic (exact) mass is 952 g/mol. The van der Waals surface area contributed by atoms with Gasteiger partial charge in [-0.1, -0.05) is 224 Å². The van der Waals surface area contributed by atoms with Crippen LogP contribution in [0.3, 0.4) is 0 Å². The average Bonchev–Trinajstić information content (AvgIpc) is 4.29. The van der Waals surface area contributed by atoms with Crippen molar-refractivity contribution in [3.8, 4) is 72.4 Å². The largest absolute Gasteiger partial charge is 0.310 e. The third kappa shape index (κ3) is 6.66. The van der Waals surface area contributed by atoms with Gasteiger partial charge < -0.3 is 9.47 Å². The summed E-state index contributed by atoms with van der Waals surface area (Å²) in [6.07, 6.45) is 0. The summed E-state index contributed by atoms with van der Waals surface area (Å²) in [6.45, 7) is 0. The zero-order valence-electron chi connectivity index (χ0n) is 41.1. The third-order valence-corrected chi connectivity index (χ3v) is 16.0. The molecule has 1 aromatic heterocycles. The molecule has 15 rings (SSSR count). The van der Waals surface area contributed by atoms with Crippen molar-refractivity contribution >= 4 is 38.9 Å². The summed E-state index contributed by atoms with van der Waals surface area (Å²) in [5.74, 6) is 0. The Labute approximate surface area is 437 Å². The number of hydrogen-bond donors (Lipinski definition) is 0. The standard InChI is InChI=1S/C73H48N2/c1-4-17-49(18-5-1)52-31-39-57(40-32-52)74(71-30-16-29-68-72(71)62-25-12-15-28-67(62)73(68)65-26-13-10-23-60(65)61-24-11-14-27-66(61)73)58-41-33-53(34-42-58)54-35-43-59(44-36-54)75-69-45-37-55(50-19-6-2-7-20-50)47-63(69)64-48-56(38-46-70(64)75)51-21-8-3-9-22-51/h1-48H. The van der Waals surface area contributed by atoms with Gasteiger partial charge >= 0.3 is 0 Å². The summed E-state index contributed by atoms with van der Waals surface area (Å²) in [6, 6.07) is 107. The maximum absolute atomic E-state index is 2.47. The molecule has 2 heteroatoms. The number of benzene rings is 12. The van der Waals surface area contributed by atoms with Crippen molar-refractivity contribution in [3.05, 3.63) is 313 Å². The Morgan fingerprint density at radius 2 is 0.627 bits per heavy atom. The van der Waals surface area contributed by atoms with Crippen molar-refractivity contribution in [2.45, 2.75) is 5.41 Å². The molecule has 0 unspecified atom stereocenters. The van der Waals surface area contributed by atoms with Crippen LogP contribution in [0.1, 0.15) is 22.3 Å². The van der Waals surface area contributed by atoms with E-state index in [0.29, 0.717) is 0 Å². The molecule has 350 valence electrons. The van der Waals surface area contributed by atoms with Gasteiger partial charge in [0.1, 0.15) is 0 Å². The van der Waals surface area contributed by atoms with Crippen LogP contribution in [0.15, 0.2) is 291 Å². The number of fused-ring (bicyclic) bond motifs is 13. The van der Waals surface area contributed by atoms with E-state index >= 15 is 0 Å². The lowest BCUT2D eigenvalue weighted by molar-refractivity contribution is 0.794. The van der Waals surface area contributed by atoms with Gasteiger partial charge in [0.2, 0.25) is 0 Å². The predicted octanol–water partition coefficient (Wildman–Crippen LogP) is 19.3. The molecule has 12 aromatic carbocycles. The fraction of sp³-hybridized carbons (Fsp3) is 0.0137. The van der Waals surface area contributed by atoms with Gasteiger partial charge in [0, 0.05) is 33.4 Å². The van der Waals surface area contributed by atoms with E-state index in [9.17, 15) is 0 Å². The lowest BCUT2D eigenvalue weighted by Gasteiger charge is -2.32. The number of nitrogens with zero attached hydrogens (tertiary/aromatic N) is 2. The quantitative estimate of drug-likeness (QED) is 0.147. The first kappa shape index (κ1) is 42.9. The maximum atomic E-state index is 2.47. The van der Waals surface area contributed by atoms with Crippen molar-refractivity contribution in [3.63, 3.8) is 0 Å². The Balaban J connectivity index is 0.843. The van der Waals surface area contributed by atoms with Crippen LogP contribution in [0.25, 0.3) is 94.3 Å². The number of hydrogen-bond acceptors (Lipinski definition) is 1. The summed E-state index contributed by atoms with van der Waals surface area (Å²) in [4.78, 5) is 2.47. The molecule has 0 atom stereocenters. The van der Waals surface area contributed by atoms with Gasteiger partial charge in [-0.25, -0.2) is 0 Å². The van der Waals surface area contributed by atoms with E-state index in [1.54, 1.807) is 0 Å². The molecule has 13 aromatic rings. The van der Waals surface area contributed by atoms with Gasteiger partial charge in [0.25, 0.3) is 0 Å². The van der Waals surface area contributed by atoms with E-state index in [1.807, 2.05) is 0 Å². The van der Waals surface area contributed by atoms with E-state index in [0.717, 1.165) is 33.9 Å². The molecular weight excluding hydrogens is 905 g/mol. The molecule has 0 radical (unpaired) electrons. The summed E-state index contributed by atoms with van der Waals surface area (Å²) in [5.41, 5.74) is 26.5. The van der Waals surface area contributed by atoms with Crippen LogP contribution in [0.2, 0.25) is 0 Å². The minimum Gasteiger partial charge on any atom is -0.310 e. The molecular formula is C73H48N2. The number of anilines is 3. The molecule has 1 heterocycles. The Bertz CT molecular complexity index is 4160. The first-order valence-electron chi connectivity index (χ1n) is 26.0. The summed E-state index contributed by atoms with van der Waals surface area (Å²) in [5, 5.41) is 2.48. The lowest BCUT2D eigenvalue weighted by atomic mass is 9.70. The summed E-state index contributed by atoms with van der Waals surface area (Å²) in [7, 11) is 0. The van der Waals surface area contributed by atoms with Crippen molar-refractivity contribution in [1.82, 2.24) is 4.57 Å². The Hall–Kier alpha value is -9.76.